The number of pyridine rings is 2. The first kappa shape index (κ1) is 22.8. The second-order valence-electron chi connectivity index (χ2n) is 8.62. The van der Waals surface area contributed by atoms with E-state index < -0.39 is 17.7 Å². The highest BCUT2D eigenvalue weighted by Crippen LogP contribution is 2.43. The summed E-state index contributed by atoms with van der Waals surface area (Å²) in [5.41, 5.74) is 6.71. The Morgan fingerprint density at radius 1 is 0.882 bits per heavy atom. The molecule has 34 heavy (non-hydrogen) atoms. The lowest BCUT2D eigenvalue weighted by atomic mass is 9.89. The number of benzene rings is 2. The van der Waals surface area contributed by atoms with Gasteiger partial charge < -0.3 is 10.6 Å². The average molecular weight is 489 g/mol. The molecule has 0 saturated heterocycles. The van der Waals surface area contributed by atoms with Crippen molar-refractivity contribution in [2.45, 2.75) is 43.9 Å². The lowest BCUT2D eigenvalue weighted by Gasteiger charge is -2.39. The number of alkyl halides is 3. The van der Waals surface area contributed by atoms with E-state index in [9.17, 15) is 17.6 Å². The van der Waals surface area contributed by atoms with E-state index in [0.717, 1.165) is 30.4 Å². The third kappa shape index (κ3) is 4.28. The van der Waals surface area contributed by atoms with Gasteiger partial charge in [0, 0.05) is 34.1 Å². The molecule has 2 aromatic carbocycles. The van der Waals surface area contributed by atoms with E-state index in [0.29, 0.717) is 34.5 Å². The van der Waals surface area contributed by atoms with Gasteiger partial charge in [-0.3, -0.25) is 4.98 Å². The van der Waals surface area contributed by atoms with E-state index >= 15 is 0 Å². The molecule has 1 aliphatic rings. The number of nitrogens with two attached hydrogens (primary N) is 1. The van der Waals surface area contributed by atoms with Gasteiger partial charge in [-0.1, -0.05) is 11.6 Å². The Morgan fingerprint density at radius 3 is 2.38 bits per heavy atom. The van der Waals surface area contributed by atoms with Gasteiger partial charge in [-0.25, -0.2) is 9.37 Å². The molecule has 2 heterocycles. The third-order valence-electron chi connectivity index (χ3n) is 6.35. The number of anilines is 2. The average Bonchev–Trinajstić information content (AvgIpc) is 2.79. The fourth-order valence-electron chi connectivity index (χ4n) is 4.72. The monoisotopic (exact) mass is 488 g/mol. The fourth-order valence-corrected chi connectivity index (χ4v) is 4.89. The maximum atomic E-state index is 14.3. The minimum Gasteiger partial charge on any atom is -0.337 e. The van der Waals surface area contributed by atoms with Crippen molar-refractivity contribution in [2.24, 2.45) is 5.73 Å². The molecule has 0 spiro atoms. The summed E-state index contributed by atoms with van der Waals surface area (Å²) in [5, 5.41) is 1.54. The lowest BCUT2D eigenvalue weighted by molar-refractivity contribution is -0.140. The van der Waals surface area contributed by atoms with Crippen molar-refractivity contribution in [3.63, 3.8) is 0 Å². The van der Waals surface area contributed by atoms with Crippen molar-refractivity contribution in [1.82, 2.24) is 9.97 Å². The second-order valence-corrected chi connectivity index (χ2v) is 9.05. The molecule has 1 aliphatic carbocycles. The van der Waals surface area contributed by atoms with Crippen LogP contribution in [0.4, 0.5) is 28.9 Å². The van der Waals surface area contributed by atoms with Crippen LogP contribution in [0.1, 0.15) is 31.4 Å². The molecular weight excluding hydrogens is 468 g/mol. The van der Waals surface area contributed by atoms with Gasteiger partial charge in [0.25, 0.3) is 0 Å². The highest BCUT2D eigenvalue weighted by Gasteiger charge is 2.36. The van der Waals surface area contributed by atoms with E-state index in [1.807, 2.05) is 4.90 Å². The Kier molecular flexibility index (Phi) is 5.81. The van der Waals surface area contributed by atoms with Crippen LogP contribution in [0.15, 0.2) is 54.7 Å². The minimum atomic E-state index is -4.66. The highest BCUT2D eigenvalue weighted by atomic mass is 35.5. The summed E-state index contributed by atoms with van der Waals surface area (Å²) in [7, 11) is 0. The number of hydrogen-bond donors (Lipinski definition) is 1. The predicted octanol–water partition coefficient (Wildman–Crippen LogP) is 7.00. The summed E-state index contributed by atoms with van der Waals surface area (Å²) in [4.78, 5) is 10.1. The largest absolute Gasteiger partial charge is 0.433 e. The van der Waals surface area contributed by atoms with Crippen LogP contribution in [0.3, 0.4) is 0 Å². The Bertz CT molecular complexity index is 1370. The molecule has 0 amide bonds. The van der Waals surface area contributed by atoms with Crippen molar-refractivity contribution >= 4 is 44.8 Å². The van der Waals surface area contributed by atoms with Gasteiger partial charge in [0.15, 0.2) is 0 Å². The van der Waals surface area contributed by atoms with Gasteiger partial charge in [0.1, 0.15) is 11.5 Å². The van der Waals surface area contributed by atoms with E-state index in [2.05, 4.69) is 9.97 Å². The number of nitrogens with zero attached hydrogens (tertiary/aromatic N) is 3. The molecule has 2 aromatic heterocycles. The van der Waals surface area contributed by atoms with E-state index in [1.54, 1.807) is 30.5 Å². The van der Waals surface area contributed by atoms with Crippen LogP contribution in [0.25, 0.3) is 21.8 Å². The van der Waals surface area contributed by atoms with Gasteiger partial charge in [0.05, 0.1) is 22.4 Å². The maximum absolute atomic E-state index is 14.3. The van der Waals surface area contributed by atoms with Crippen LogP contribution < -0.4 is 10.6 Å². The summed E-state index contributed by atoms with van der Waals surface area (Å²) in [6.07, 6.45) is -0.229. The van der Waals surface area contributed by atoms with Crippen molar-refractivity contribution in [2.75, 3.05) is 4.90 Å². The first-order valence-electron chi connectivity index (χ1n) is 11.0. The van der Waals surface area contributed by atoms with Gasteiger partial charge in [-0.2, -0.15) is 13.2 Å². The molecule has 176 valence electrons. The predicted molar refractivity (Wildman–Crippen MR) is 126 cm³/mol. The molecule has 4 nitrogen and oxygen atoms in total. The Balaban J connectivity index is 1.81. The van der Waals surface area contributed by atoms with Gasteiger partial charge >= 0.3 is 6.18 Å². The lowest BCUT2D eigenvalue weighted by Crippen LogP contribution is -2.38. The molecule has 0 atom stereocenters. The molecule has 0 radical (unpaired) electrons. The summed E-state index contributed by atoms with van der Waals surface area (Å²) in [6.45, 7) is 0. The Labute approximate surface area is 198 Å². The quantitative estimate of drug-likeness (QED) is 0.315. The Morgan fingerprint density at radius 2 is 1.65 bits per heavy atom. The SMILES string of the molecule is NC1CCC(N(c2ccnc3cc(Cl)ccc23)c2cc(C(F)(F)F)nc3ccc(F)cc23)CC1. The van der Waals surface area contributed by atoms with Crippen molar-refractivity contribution < 1.29 is 17.6 Å². The van der Waals surface area contributed by atoms with Crippen molar-refractivity contribution in [1.29, 1.82) is 0 Å². The topological polar surface area (TPSA) is 55.0 Å². The first-order chi connectivity index (χ1) is 16.2. The van der Waals surface area contributed by atoms with Crippen LogP contribution >= 0.6 is 11.6 Å². The molecule has 0 unspecified atom stereocenters. The van der Waals surface area contributed by atoms with Gasteiger partial charge in [-0.15, -0.1) is 0 Å². The molecule has 1 saturated carbocycles. The fraction of sp³-hybridized carbons (Fsp3) is 0.280. The van der Waals surface area contributed by atoms with Crippen LogP contribution in [-0.4, -0.2) is 22.1 Å². The molecular formula is C25H21ClF4N4. The molecule has 1 fully saturated rings. The third-order valence-corrected chi connectivity index (χ3v) is 6.58. The number of hydrogen-bond acceptors (Lipinski definition) is 4. The van der Waals surface area contributed by atoms with Crippen LogP contribution in [0.2, 0.25) is 5.02 Å². The van der Waals surface area contributed by atoms with Crippen LogP contribution in [0, 0.1) is 5.82 Å². The summed E-state index contributed by atoms with van der Waals surface area (Å²) >= 11 is 6.16. The van der Waals surface area contributed by atoms with E-state index in [-0.39, 0.29) is 23.3 Å². The van der Waals surface area contributed by atoms with E-state index in [4.69, 9.17) is 17.3 Å². The van der Waals surface area contributed by atoms with Gasteiger partial charge in [-0.05, 0) is 74.2 Å². The van der Waals surface area contributed by atoms with Crippen LogP contribution in [0.5, 0.6) is 0 Å². The zero-order chi connectivity index (χ0) is 24.0. The number of rotatable bonds is 3. The molecule has 0 bridgehead atoms. The molecule has 9 heteroatoms. The first-order valence-corrected chi connectivity index (χ1v) is 11.3. The summed E-state index contributed by atoms with van der Waals surface area (Å²) in [6, 6.07) is 11.5. The zero-order valence-corrected chi connectivity index (χ0v) is 18.7. The summed E-state index contributed by atoms with van der Waals surface area (Å²) < 4.78 is 55.8. The molecule has 2 N–H and O–H groups in total. The number of halogens is 5. The molecule has 5 rings (SSSR count). The normalized spacial score (nSPS) is 19.0. The Hall–Kier alpha value is -2.97. The van der Waals surface area contributed by atoms with E-state index in [1.165, 1.54) is 12.1 Å². The molecule has 4 aromatic rings. The standard InChI is InChI=1S/C25H21ClF4N4/c26-14-1-7-18-21(11-14)32-10-9-22(18)34(17-5-3-16(31)4-6-17)23-13-24(25(28,29)30)33-20-8-2-15(27)12-19(20)23/h1-2,7-13,16-17H,3-6,31H2. The molecule has 0 aliphatic heterocycles. The van der Waals surface area contributed by atoms with Crippen molar-refractivity contribution in [3.05, 3.63) is 71.3 Å². The second kappa shape index (κ2) is 8.67. The van der Waals surface area contributed by atoms with Crippen molar-refractivity contribution in [3.8, 4) is 0 Å². The zero-order valence-electron chi connectivity index (χ0n) is 18.0. The highest BCUT2D eigenvalue weighted by molar-refractivity contribution is 6.31. The minimum absolute atomic E-state index is 0.0449. The van der Waals surface area contributed by atoms with Crippen LogP contribution in [-0.2, 0) is 6.18 Å². The maximum Gasteiger partial charge on any atom is 0.433 e. The summed E-state index contributed by atoms with van der Waals surface area (Å²) in [5.74, 6) is -0.549. The van der Waals surface area contributed by atoms with Gasteiger partial charge in [0.2, 0.25) is 0 Å². The smallest absolute Gasteiger partial charge is 0.337 e. The number of aromatic nitrogens is 2. The number of fused-ring (bicyclic) bond motifs is 2.